The zero-order valence-corrected chi connectivity index (χ0v) is 15.9. The zero-order valence-electron chi connectivity index (χ0n) is 15.1. The first kappa shape index (κ1) is 17.9. The van der Waals surface area contributed by atoms with Gasteiger partial charge in [-0.25, -0.2) is 0 Å². The molecular formula is C20H22N4O2S. The van der Waals surface area contributed by atoms with Crippen LogP contribution in [0.15, 0.2) is 46.9 Å². The summed E-state index contributed by atoms with van der Waals surface area (Å²) in [7, 11) is 0. The normalized spacial score (nSPS) is 15.4. The van der Waals surface area contributed by atoms with Crippen molar-refractivity contribution in [3.8, 4) is 10.8 Å². The van der Waals surface area contributed by atoms with Crippen LogP contribution in [-0.4, -0.2) is 34.1 Å². The fourth-order valence-electron chi connectivity index (χ4n) is 3.22. The lowest BCUT2D eigenvalue weighted by molar-refractivity contribution is 0.102. The van der Waals surface area contributed by atoms with Gasteiger partial charge < -0.3 is 4.42 Å². The van der Waals surface area contributed by atoms with Gasteiger partial charge in [0.05, 0.1) is 4.88 Å². The molecule has 7 heteroatoms. The maximum Gasteiger partial charge on any atom is 0.322 e. The van der Waals surface area contributed by atoms with E-state index in [1.54, 1.807) is 23.5 Å². The topological polar surface area (TPSA) is 71.3 Å². The molecule has 1 amide bonds. The first-order valence-corrected chi connectivity index (χ1v) is 10.1. The molecule has 1 saturated heterocycles. The van der Waals surface area contributed by atoms with E-state index in [2.05, 4.69) is 26.5 Å². The van der Waals surface area contributed by atoms with Gasteiger partial charge in [0.15, 0.2) is 0 Å². The van der Waals surface area contributed by atoms with Gasteiger partial charge in [-0.3, -0.25) is 15.0 Å². The molecule has 6 nitrogen and oxygen atoms in total. The Bertz CT molecular complexity index is 882. The average Bonchev–Trinajstić information content (AvgIpc) is 3.27. The number of amides is 1. The summed E-state index contributed by atoms with van der Waals surface area (Å²) in [5, 5.41) is 10.7. The van der Waals surface area contributed by atoms with Crippen molar-refractivity contribution >= 4 is 23.3 Å². The molecule has 140 valence electrons. The van der Waals surface area contributed by atoms with Gasteiger partial charge >= 0.3 is 6.01 Å². The Morgan fingerprint density at radius 1 is 1.04 bits per heavy atom. The van der Waals surface area contributed by atoms with Crippen LogP contribution in [0.1, 0.15) is 40.9 Å². The highest BCUT2D eigenvalue weighted by Crippen LogP contribution is 2.29. The first-order chi connectivity index (χ1) is 13.3. The lowest BCUT2D eigenvalue weighted by atomic mass is 10.2. The predicted octanol–water partition coefficient (Wildman–Crippen LogP) is 4.43. The summed E-state index contributed by atoms with van der Waals surface area (Å²) < 4.78 is 5.63. The molecule has 3 aromatic rings. The summed E-state index contributed by atoms with van der Waals surface area (Å²) in [6.45, 7) is 3.31. The molecule has 1 aromatic carbocycles. The van der Waals surface area contributed by atoms with Crippen LogP contribution in [0.2, 0.25) is 0 Å². The molecule has 0 saturated carbocycles. The van der Waals surface area contributed by atoms with Crippen LogP contribution < -0.4 is 5.32 Å². The summed E-state index contributed by atoms with van der Waals surface area (Å²) >= 11 is 1.66. The zero-order chi connectivity index (χ0) is 18.5. The van der Waals surface area contributed by atoms with Crippen LogP contribution in [0, 0.1) is 0 Å². The van der Waals surface area contributed by atoms with Gasteiger partial charge in [-0.15, -0.1) is 16.4 Å². The second-order valence-electron chi connectivity index (χ2n) is 6.69. The van der Waals surface area contributed by atoms with Gasteiger partial charge in [-0.05, 0) is 50.2 Å². The van der Waals surface area contributed by atoms with Crippen molar-refractivity contribution in [2.45, 2.75) is 32.2 Å². The number of hydrogen-bond donors (Lipinski definition) is 1. The molecule has 1 fully saturated rings. The van der Waals surface area contributed by atoms with E-state index in [9.17, 15) is 4.79 Å². The molecule has 2 aromatic heterocycles. The van der Waals surface area contributed by atoms with Crippen LogP contribution in [0.25, 0.3) is 10.8 Å². The number of anilines is 1. The quantitative estimate of drug-likeness (QED) is 0.707. The Labute approximate surface area is 162 Å². The minimum atomic E-state index is -0.265. The summed E-state index contributed by atoms with van der Waals surface area (Å²) in [5.41, 5.74) is 0.549. The number of hydrogen-bond acceptors (Lipinski definition) is 6. The second kappa shape index (κ2) is 8.45. The van der Waals surface area contributed by atoms with Crippen molar-refractivity contribution in [1.82, 2.24) is 15.1 Å². The van der Waals surface area contributed by atoms with Crippen molar-refractivity contribution in [2.24, 2.45) is 0 Å². The minimum Gasteiger partial charge on any atom is -0.402 e. The highest BCUT2D eigenvalue weighted by atomic mass is 32.1. The molecule has 1 aliphatic rings. The van der Waals surface area contributed by atoms with Crippen LogP contribution >= 0.6 is 11.3 Å². The monoisotopic (exact) mass is 382 g/mol. The maximum atomic E-state index is 12.2. The molecule has 27 heavy (non-hydrogen) atoms. The first-order valence-electron chi connectivity index (χ1n) is 9.29. The second-order valence-corrected chi connectivity index (χ2v) is 7.86. The fourth-order valence-corrected chi connectivity index (χ4v) is 4.20. The molecule has 1 aliphatic heterocycles. The van der Waals surface area contributed by atoms with Crippen LogP contribution in [0.5, 0.6) is 0 Å². The fraction of sp³-hybridized carbons (Fsp3) is 0.350. The average molecular weight is 382 g/mol. The Kier molecular flexibility index (Phi) is 5.60. The van der Waals surface area contributed by atoms with Crippen molar-refractivity contribution in [1.29, 1.82) is 0 Å². The number of nitrogens with zero attached hydrogens (tertiary/aromatic N) is 3. The third-order valence-electron chi connectivity index (χ3n) is 4.63. The van der Waals surface area contributed by atoms with E-state index in [0.29, 0.717) is 11.5 Å². The number of rotatable bonds is 5. The number of benzene rings is 1. The van der Waals surface area contributed by atoms with Crippen molar-refractivity contribution in [2.75, 3.05) is 18.4 Å². The molecule has 0 unspecified atom stereocenters. The molecule has 0 radical (unpaired) electrons. The number of thiophene rings is 1. The molecular weight excluding hydrogens is 360 g/mol. The smallest absolute Gasteiger partial charge is 0.322 e. The molecule has 0 aliphatic carbocycles. The highest BCUT2D eigenvalue weighted by Gasteiger charge is 2.15. The van der Waals surface area contributed by atoms with E-state index in [4.69, 9.17) is 4.42 Å². The molecule has 0 spiro atoms. The summed E-state index contributed by atoms with van der Waals surface area (Å²) in [6, 6.07) is 13.2. The van der Waals surface area contributed by atoms with Crippen LogP contribution in [-0.2, 0) is 6.54 Å². The van der Waals surface area contributed by atoms with Gasteiger partial charge in [0.2, 0.25) is 0 Å². The lowest BCUT2D eigenvalue weighted by Gasteiger charge is -2.18. The van der Waals surface area contributed by atoms with Gasteiger partial charge in [-0.2, -0.15) is 0 Å². The van der Waals surface area contributed by atoms with Gasteiger partial charge in [-0.1, -0.05) is 36.1 Å². The number of carbonyl (C=O) groups excluding carboxylic acids is 1. The molecule has 1 N–H and O–H groups in total. The Morgan fingerprint density at radius 2 is 1.81 bits per heavy atom. The maximum absolute atomic E-state index is 12.2. The Hall–Kier alpha value is -2.51. The SMILES string of the molecule is O=C(Nc1nnc(-c2ccc(CN3CCCCCC3)s2)o1)c1ccccc1. The van der Waals surface area contributed by atoms with Gasteiger partial charge in [0.1, 0.15) is 0 Å². The van der Waals surface area contributed by atoms with E-state index in [1.807, 2.05) is 24.3 Å². The van der Waals surface area contributed by atoms with Gasteiger partial charge in [0.25, 0.3) is 11.8 Å². The molecule has 0 atom stereocenters. The summed E-state index contributed by atoms with van der Waals surface area (Å²) in [5.74, 6) is 0.171. The Morgan fingerprint density at radius 3 is 2.59 bits per heavy atom. The molecule has 3 heterocycles. The van der Waals surface area contributed by atoms with E-state index in [-0.39, 0.29) is 11.9 Å². The third-order valence-corrected chi connectivity index (χ3v) is 5.69. The van der Waals surface area contributed by atoms with E-state index >= 15 is 0 Å². The van der Waals surface area contributed by atoms with Crippen LogP contribution in [0.3, 0.4) is 0 Å². The number of carbonyl (C=O) groups is 1. The Balaban J connectivity index is 1.40. The number of aromatic nitrogens is 2. The predicted molar refractivity (Wildman–Crippen MR) is 106 cm³/mol. The lowest BCUT2D eigenvalue weighted by Crippen LogP contribution is -2.23. The molecule has 0 bridgehead atoms. The number of nitrogens with one attached hydrogen (secondary N) is 1. The summed E-state index contributed by atoms with van der Waals surface area (Å²) in [6.07, 6.45) is 5.25. The minimum absolute atomic E-state index is 0.112. The van der Waals surface area contributed by atoms with Crippen molar-refractivity contribution in [3.05, 3.63) is 52.9 Å². The standard InChI is InChI=1S/C20H22N4O2S/c25-18(15-8-4-3-5-9-15)21-20-23-22-19(26-20)17-11-10-16(27-17)14-24-12-6-1-2-7-13-24/h3-5,8-11H,1-2,6-7,12-14H2,(H,21,23,25). The van der Waals surface area contributed by atoms with Crippen LogP contribution in [0.4, 0.5) is 6.01 Å². The third kappa shape index (κ3) is 4.61. The largest absolute Gasteiger partial charge is 0.402 e. The van der Waals surface area contributed by atoms with Gasteiger partial charge in [0, 0.05) is 17.0 Å². The summed E-state index contributed by atoms with van der Waals surface area (Å²) in [4.78, 5) is 16.9. The van der Waals surface area contributed by atoms with E-state index < -0.39 is 0 Å². The number of likely N-dealkylation sites (tertiary alicyclic amines) is 1. The van der Waals surface area contributed by atoms with E-state index in [1.165, 1.54) is 43.6 Å². The van der Waals surface area contributed by atoms with Crippen molar-refractivity contribution in [3.63, 3.8) is 0 Å². The van der Waals surface area contributed by atoms with Crippen molar-refractivity contribution < 1.29 is 9.21 Å². The highest BCUT2D eigenvalue weighted by molar-refractivity contribution is 7.15. The van der Waals surface area contributed by atoms with E-state index in [0.717, 1.165) is 11.4 Å². The molecule has 4 rings (SSSR count).